The Morgan fingerprint density at radius 2 is 1.68 bits per heavy atom. The number of ether oxygens (including phenoxy) is 1. The molecule has 2 N–H and O–H groups in total. The lowest BCUT2D eigenvalue weighted by atomic mass is 9.99. The van der Waals surface area contributed by atoms with Crippen LogP contribution in [0, 0.1) is 11.8 Å². The molecule has 0 aliphatic heterocycles. The smallest absolute Gasteiger partial charge is 0.337 e. The molecule has 2 unspecified atom stereocenters. The van der Waals surface area contributed by atoms with Gasteiger partial charge in [0.25, 0.3) is 0 Å². The molecule has 0 radical (unpaired) electrons. The first-order valence-corrected chi connectivity index (χ1v) is 10.8. The number of carboxylic acid groups (broad SMARTS) is 1. The van der Waals surface area contributed by atoms with E-state index in [2.05, 4.69) is 22.7 Å². The van der Waals surface area contributed by atoms with Gasteiger partial charge in [0.15, 0.2) is 0 Å². The van der Waals surface area contributed by atoms with Crippen LogP contribution in [0.3, 0.4) is 0 Å². The number of nitrogens with zero attached hydrogens (tertiary/aromatic N) is 1. The Labute approximate surface area is 188 Å². The molecule has 172 valence electrons. The Kier molecular flexibility index (Phi) is 10.5. The van der Waals surface area contributed by atoms with Crippen molar-refractivity contribution < 1.29 is 29.0 Å². The maximum atomic E-state index is 13.1. The quantitative estimate of drug-likeness (QED) is 0.364. The molecular formula is C22H32N2O6S. The highest BCUT2D eigenvalue weighted by molar-refractivity contribution is 7.81. The summed E-state index contributed by atoms with van der Waals surface area (Å²) in [5.74, 6) is -2.31. The number of carbonyl (C=O) groups is 4. The van der Waals surface area contributed by atoms with Gasteiger partial charge < -0.3 is 15.2 Å². The number of carbonyl (C=O) groups excluding carboxylic acids is 3. The van der Waals surface area contributed by atoms with Crippen LogP contribution in [0.25, 0.3) is 0 Å². The molecule has 3 amide bonds. The number of hydrogen-bond acceptors (Lipinski definition) is 6. The van der Waals surface area contributed by atoms with Crippen molar-refractivity contribution in [2.24, 2.45) is 11.8 Å². The third kappa shape index (κ3) is 7.90. The first-order valence-electron chi connectivity index (χ1n) is 10.2. The van der Waals surface area contributed by atoms with E-state index < -0.39 is 35.2 Å². The second-order valence-corrected chi connectivity index (χ2v) is 8.58. The Morgan fingerprint density at radius 1 is 1.10 bits per heavy atom. The van der Waals surface area contributed by atoms with Gasteiger partial charge in [-0.2, -0.15) is 12.6 Å². The molecule has 0 aliphatic rings. The molecule has 0 saturated carbocycles. The third-order valence-corrected chi connectivity index (χ3v) is 5.34. The van der Waals surface area contributed by atoms with Gasteiger partial charge in [-0.15, -0.1) is 0 Å². The molecule has 1 rings (SSSR count). The van der Waals surface area contributed by atoms with E-state index in [1.807, 2.05) is 27.7 Å². The number of imide groups is 1. The number of benzene rings is 1. The van der Waals surface area contributed by atoms with Crippen molar-refractivity contribution in [2.75, 3.05) is 12.4 Å². The Bertz CT molecular complexity index is 781. The SMILES string of the molecule is CCC(C)CC(S)C(=O)N(C(=O)Nc1ccc(C(=O)OC)cc1)[C@@H](CC(C)C)C(=O)O. The standard InChI is InChI=1S/C22H32N2O6S/c1-6-14(4)12-18(31)19(25)24(17(20(26)27)11-13(2)3)22(29)23-16-9-7-15(8-10-16)21(28)30-5/h7-10,13-14,17-18,31H,6,11-12H2,1-5H3,(H,23,29)(H,26,27)/t14?,17-,18?/m0/s1. The highest BCUT2D eigenvalue weighted by Gasteiger charge is 2.38. The number of hydrogen-bond donors (Lipinski definition) is 3. The highest BCUT2D eigenvalue weighted by Crippen LogP contribution is 2.22. The molecule has 31 heavy (non-hydrogen) atoms. The second-order valence-electron chi connectivity index (χ2n) is 7.96. The van der Waals surface area contributed by atoms with Crippen LogP contribution in [-0.4, -0.2) is 52.3 Å². The van der Waals surface area contributed by atoms with Gasteiger partial charge in [0, 0.05) is 5.69 Å². The third-order valence-electron chi connectivity index (χ3n) is 4.91. The van der Waals surface area contributed by atoms with Gasteiger partial charge >= 0.3 is 18.0 Å². The van der Waals surface area contributed by atoms with Crippen molar-refractivity contribution in [1.82, 2.24) is 4.90 Å². The minimum Gasteiger partial charge on any atom is -0.480 e. The van der Waals surface area contributed by atoms with Crippen molar-refractivity contribution >= 4 is 42.2 Å². The Morgan fingerprint density at radius 3 is 2.13 bits per heavy atom. The van der Waals surface area contributed by atoms with Crippen LogP contribution < -0.4 is 5.32 Å². The van der Waals surface area contributed by atoms with Crippen LogP contribution in [0.2, 0.25) is 0 Å². The summed E-state index contributed by atoms with van der Waals surface area (Å²) < 4.78 is 4.64. The molecule has 1 aromatic carbocycles. The monoisotopic (exact) mass is 452 g/mol. The summed E-state index contributed by atoms with van der Waals surface area (Å²) in [6, 6.07) is 3.69. The molecule has 0 heterocycles. The largest absolute Gasteiger partial charge is 0.480 e. The van der Waals surface area contributed by atoms with E-state index in [0.29, 0.717) is 17.7 Å². The van der Waals surface area contributed by atoms with Gasteiger partial charge in [-0.1, -0.05) is 34.1 Å². The normalized spacial score (nSPS) is 13.8. The van der Waals surface area contributed by atoms with E-state index >= 15 is 0 Å². The molecular weight excluding hydrogens is 420 g/mol. The molecule has 0 fully saturated rings. The molecule has 3 atom stereocenters. The molecule has 9 heteroatoms. The van der Waals surface area contributed by atoms with Gasteiger partial charge in [-0.05, 0) is 48.9 Å². The minimum absolute atomic E-state index is 0.0588. The number of anilines is 1. The number of nitrogens with one attached hydrogen (secondary N) is 1. The van der Waals surface area contributed by atoms with Crippen LogP contribution in [0.15, 0.2) is 24.3 Å². The summed E-state index contributed by atoms with van der Waals surface area (Å²) in [7, 11) is 1.26. The molecule has 0 bridgehead atoms. The molecule has 0 saturated heterocycles. The zero-order valence-corrected chi connectivity index (χ0v) is 19.5. The van der Waals surface area contributed by atoms with E-state index in [4.69, 9.17) is 0 Å². The number of thiol groups is 1. The first kappa shape index (κ1) is 26.5. The lowest BCUT2D eigenvalue weighted by Crippen LogP contribution is -2.53. The number of esters is 1. The fourth-order valence-electron chi connectivity index (χ4n) is 2.96. The van der Waals surface area contributed by atoms with Crippen LogP contribution in [0.4, 0.5) is 10.5 Å². The number of methoxy groups -OCH3 is 1. The average Bonchev–Trinajstić information content (AvgIpc) is 2.72. The van der Waals surface area contributed by atoms with E-state index in [9.17, 15) is 24.3 Å². The van der Waals surface area contributed by atoms with Crippen molar-refractivity contribution in [1.29, 1.82) is 0 Å². The topological polar surface area (TPSA) is 113 Å². The number of rotatable bonds is 10. The van der Waals surface area contributed by atoms with Gasteiger partial charge in [-0.25, -0.2) is 19.3 Å². The van der Waals surface area contributed by atoms with Crippen LogP contribution in [-0.2, 0) is 14.3 Å². The predicted molar refractivity (Wildman–Crippen MR) is 121 cm³/mol. The maximum absolute atomic E-state index is 13.1. The van der Waals surface area contributed by atoms with Crippen molar-refractivity contribution in [3.63, 3.8) is 0 Å². The zero-order valence-electron chi connectivity index (χ0n) is 18.6. The summed E-state index contributed by atoms with van der Waals surface area (Å²) in [4.78, 5) is 50.4. The molecule has 0 spiro atoms. The second kappa shape index (κ2) is 12.3. The van der Waals surface area contributed by atoms with E-state index in [-0.39, 0.29) is 18.3 Å². The Hall–Kier alpha value is -2.55. The molecule has 0 aromatic heterocycles. The van der Waals surface area contributed by atoms with Crippen molar-refractivity contribution in [3.8, 4) is 0 Å². The van der Waals surface area contributed by atoms with Gasteiger partial charge in [-0.3, -0.25) is 4.79 Å². The maximum Gasteiger partial charge on any atom is 0.337 e. The summed E-state index contributed by atoms with van der Waals surface area (Å²) in [5, 5.41) is 11.5. The van der Waals surface area contributed by atoms with Crippen LogP contribution >= 0.6 is 12.6 Å². The zero-order chi connectivity index (χ0) is 23.7. The fourth-order valence-corrected chi connectivity index (χ4v) is 3.44. The van der Waals surface area contributed by atoms with Crippen LogP contribution in [0.1, 0.15) is 57.3 Å². The summed E-state index contributed by atoms with van der Waals surface area (Å²) in [6.07, 6.45) is 1.36. The van der Waals surface area contributed by atoms with Crippen LogP contribution in [0.5, 0.6) is 0 Å². The predicted octanol–water partition coefficient (Wildman–Crippen LogP) is 4.07. The minimum atomic E-state index is -1.33. The number of amides is 3. The average molecular weight is 453 g/mol. The summed E-state index contributed by atoms with van der Waals surface area (Å²) in [5.41, 5.74) is 0.599. The summed E-state index contributed by atoms with van der Waals surface area (Å²) >= 11 is 4.36. The number of aliphatic carboxylic acids is 1. The number of carboxylic acids is 1. The van der Waals surface area contributed by atoms with Gasteiger partial charge in [0.2, 0.25) is 5.91 Å². The Balaban J connectivity index is 3.18. The van der Waals surface area contributed by atoms with Gasteiger partial charge in [0.1, 0.15) is 6.04 Å². The van der Waals surface area contributed by atoms with E-state index in [1.54, 1.807) is 0 Å². The number of urea groups is 1. The first-order chi connectivity index (χ1) is 14.5. The fraction of sp³-hybridized carbons (Fsp3) is 0.545. The molecule has 8 nitrogen and oxygen atoms in total. The lowest BCUT2D eigenvalue weighted by Gasteiger charge is -2.31. The summed E-state index contributed by atoms with van der Waals surface area (Å²) in [6.45, 7) is 7.59. The lowest BCUT2D eigenvalue weighted by molar-refractivity contribution is -0.148. The molecule has 0 aliphatic carbocycles. The van der Waals surface area contributed by atoms with E-state index in [0.717, 1.165) is 11.3 Å². The van der Waals surface area contributed by atoms with Gasteiger partial charge in [0.05, 0.1) is 17.9 Å². The van der Waals surface area contributed by atoms with Crippen molar-refractivity contribution in [3.05, 3.63) is 29.8 Å². The molecule has 1 aromatic rings. The van der Waals surface area contributed by atoms with Crippen molar-refractivity contribution in [2.45, 2.75) is 58.2 Å². The van der Waals surface area contributed by atoms with E-state index in [1.165, 1.54) is 31.4 Å². The highest BCUT2D eigenvalue weighted by atomic mass is 32.1.